The van der Waals surface area contributed by atoms with Crippen LogP contribution in [-0.2, 0) is 20.1 Å². The van der Waals surface area contributed by atoms with E-state index in [0.29, 0.717) is 6.54 Å². The van der Waals surface area contributed by atoms with E-state index in [2.05, 4.69) is 26.3 Å². The molecule has 0 radical (unpaired) electrons. The van der Waals surface area contributed by atoms with Gasteiger partial charge in [-0.25, -0.2) is 8.78 Å². The topological polar surface area (TPSA) is 29.9 Å². The summed E-state index contributed by atoms with van der Waals surface area (Å²) in [5.74, 6) is -1.11. The van der Waals surface area contributed by atoms with Crippen LogP contribution >= 0.6 is 15.9 Å². The minimum Gasteiger partial charge on any atom is -0.308 e. The third-order valence-corrected chi connectivity index (χ3v) is 3.71. The van der Waals surface area contributed by atoms with Crippen LogP contribution in [0.1, 0.15) is 16.8 Å². The van der Waals surface area contributed by atoms with E-state index in [9.17, 15) is 8.78 Å². The summed E-state index contributed by atoms with van der Waals surface area (Å²) < 4.78 is 29.3. The highest BCUT2D eigenvalue weighted by atomic mass is 79.9. The minimum absolute atomic E-state index is 0.0379. The number of aryl methyl sites for hydroxylation is 1. The largest absolute Gasteiger partial charge is 0.308 e. The number of rotatable bonds is 4. The molecular weight excluding hydrogens is 316 g/mol. The molecule has 19 heavy (non-hydrogen) atoms. The molecule has 1 heterocycles. The average molecular weight is 330 g/mol. The second-order valence-corrected chi connectivity index (χ2v) is 5.16. The minimum atomic E-state index is -0.560. The van der Waals surface area contributed by atoms with Crippen LogP contribution in [0.25, 0.3) is 0 Å². The van der Waals surface area contributed by atoms with Crippen LogP contribution < -0.4 is 5.32 Å². The van der Waals surface area contributed by atoms with Gasteiger partial charge in [0.15, 0.2) is 0 Å². The summed E-state index contributed by atoms with van der Waals surface area (Å²) in [5.41, 5.74) is 2.08. The fourth-order valence-corrected chi connectivity index (χ4v) is 2.14. The van der Waals surface area contributed by atoms with E-state index in [4.69, 9.17) is 0 Å². The van der Waals surface area contributed by atoms with Crippen LogP contribution in [0.2, 0.25) is 0 Å². The summed E-state index contributed by atoms with van der Waals surface area (Å²) >= 11 is 3.05. The van der Waals surface area contributed by atoms with Gasteiger partial charge in [0, 0.05) is 37.0 Å². The number of benzene rings is 1. The number of hydrogen-bond acceptors (Lipinski definition) is 2. The van der Waals surface area contributed by atoms with E-state index in [-0.39, 0.29) is 16.6 Å². The molecule has 0 amide bonds. The molecule has 0 saturated carbocycles. The Balaban J connectivity index is 2.04. The number of nitrogens with zero attached hydrogens (tertiary/aromatic N) is 2. The summed E-state index contributed by atoms with van der Waals surface area (Å²) in [6.45, 7) is 2.60. The molecule has 0 aliphatic rings. The summed E-state index contributed by atoms with van der Waals surface area (Å²) in [7, 11) is 1.85. The molecule has 0 aliphatic carbocycles. The van der Waals surface area contributed by atoms with Crippen molar-refractivity contribution in [1.29, 1.82) is 0 Å². The van der Waals surface area contributed by atoms with Crippen LogP contribution in [0.3, 0.4) is 0 Å². The van der Waals surface area contributed by atoms with Crippen molar-refractivity contribution in [3.05, 3.63) is 51.3 Å². The van der Waals surface area contributed by atoms with Crippen molar-refractivity contribution in [2.45, 2.75) is 20.0 Å². The zero-order chi connectivity index (χ0) is 14.0. The van der Waals surface area contributed by atoms with Gasteiger partial charge in [-0.15, -0.1) is 0 Å². The smallest absolute Gasteiger partial charge is 0.144 e. The van der Waals surface area contributed by atoms with Gasteiger partial charge in [0.05, 0.1) is 10.7 Å². The molecule has 0 spiro atoms. The first-order valence-corrected chi connectivity index (χ1v) is 6.60. The summed E-state index contributed by atoms with van der Waals surface area (Å²) in [5, 5.41) is 7.14. The van der Waals surface area contributed by atoms with Crippen LogP contribution in [-0.4, -0.2) is 9.78 Å². The molecule has 0 bridgehead atoms. The van der Waals surface area contributed by atoms with Crippen molar-refractivity contribution in [3.63, 3.8) is 0 Å². The first kappa shape index (κ1) is 14.1. The first-order valence-electron chi connectivity index (χ1n) is 5.81. The maximum atomic E-state index is 13.7. The standard InChI is InChI=1S/C13H14BrF2N3/c1-8-9(6-18-19(8)2)5-17-7-10-12(15)4-3-11(14)13(10)16/h3-4,6,17H,5,7H2,1-2H3. The number of nitrogens with one attached hydrogen (secondary N) is 1. The predicted octanol–water partition coefficient (Wildman–Crippen LogP) is 3.06. The van der Waals surface area contributed by atoms with Gasteiger partial charge in [0.25, 0.3) is 0 Å². The molecule has 3 nitrogen and oxygen atoms in total. The molecule has 1 aromatic heterocycles. The number of hydrogen-bond donors (Lipinski definition) is 1. The Morgan fingerprint density at radius 3 is 2.68 bits per heavy atom. The lowest BCUT2D eigenvalue weighted by molar-refractivity contribution is 0.531. The summed E-state index contributed by atoms with van der Waals surface area (Å²) in [4.78, 5) is 0. The lowest BCUT2D eigenvalue weighted by Crippen LogP contribution is -2.15. The Morgan fingerprint density at radius 1 is 1.32 bits per heavy atom. The quantitative estimate of drug-likeness (QED) is 0.874. The van der Waals surface area contributed by atoms with Gasteiger partial charge in [-0.05, 0) is 35.0 Å². The van der Waals surface area contributed by atoms with Gasteiger partial charge in [0.1, 0.15) is 11.6 Å². The van der Waals surface area contributed by atoms with Crippen molar-refractivity contribution in [2.75, 3.05) is 0 Å². The summed E-state index contributed by atoms with van der Waals surface area (Å²) in [6.07, 6.45) is 1.75. The Hall–Kier alpha value is -1.27. The van der Waals surface area contributed by atoms with Gasteiger partial charge < -0.3 is 5.32 Å². The van der Waals surface area contributed by atoms with Crippen LogP contribution in [0.5, 0.6) is 0 Å². The molecule has 0 fully saturated rings. The highest BCUT2D eigenvalue weighted by molar-refractivity contribution is 9.10. The van der Waals surface area contributed by atoms with Crippen LogP contribution in [0.4, 0.5) is 8.78 Å². The van der Waals surface area contributed by atoms with Crippen molar-refractivity contribution < 1.29 is 8.78 Å². The second kappa shape index (κ2) is 5.79. The molecule has 1 N–H and O–H groups in total. The number of aromatic nitrogens is 2. The fraction of sp³-hybridized carbons (Fsp3) is 0.308. The molecule has 2 rings (SSSR count). The van der Waals surface area contributed by atoms with Crippen molar-refractivity contribution in [1.82, 2.24) is 15.1 Å². The molecule has 102 valence electrons. The van der Waals surface area contributed by atoms with Crippen molar-refractivity contribution in [3.8, 4) is 0 Å². The molecule has 0 unspecified atom stereocenters. The molecule has 0 atom stereocenters. The van der Waals surface area contributed by atoms with Crippen LogP contribution in [0, 0.1) is 18.6 Å². The zero-order valence-corrected chi connectivity index (χ0v) is 12.3. The van der Waals surface area contributed by atoms with Gasteiger partial charge in [0.2, 0.25) is 0 Å². The number of halogens is 3. The third kappa shape index (κ3) is 3.01. The normalized spacial score (nSPS) is 11.0. The highest BCUT2D eigenvalue weighted by Crippen LogP contribution is 2.21. The Labute approximate surface area is 118 Å². The molecular formula is C13H14BrF2N3. The lowest BCUT2D eigenvalue weighted by Gasteiger charge is -2.08. The predicted molar refractivity (Wildman–Crippen MR) is 72.5 cm³/mol. The van der Waals surface area contributed by atoms with E-state index in [1.165, 1.54) is 12.1 Å². The molecule has 0 aliphatic heterocycles. The SMILES string of the molecule is Cc1c(CNCc2c(F)ccc(Br)c2F)cnn1C. The van der Waals surface area contributed by atoms with Crippen LogP contribution in [0.15, 0.2) is 22.8 Å². The zero-order valence-electron chi connectivity index (χ0n) is 10.7. The maximum Gasteiger partial charge on any atom is 0.144 e. The monoisotopic (exact) mass is 329 g/mol. The Bertz CT molecular complexity index is 596. The van der Waals surface area contributed by atoms with Gasteiger partial charge >= 0.3 is 0 Å². The molecule has 0 saturated heterocycles. The van der Waals surface area contributed by atoms with Gasteiger partial charge in [-0.3, -0.25) is 4.68 Å². The van der Waals surface area contributed by atoms with E-state index < -0.39 is 11.6 Å². The van der Waals surface area contributed by atoms with E-state index in [0.717, 1.165) is 11.3 Å². The Morgan fingerprint density at radius 2 is 2.05 bits per heavy atom. The van der Waals surface area contributed by atoms with Gasteiger partial charge in [-0.2, -0.15) is 5.10 Å². The molecule has 6 heteroatoms. The molecule has 1 aromatic carbocycles. The highest BCUT2D eigenvalue weighted by Gasteiger charge is 2.12. The summed E-state index contributed by atoms with van der Waals surface area (Å²) in [6, 6.07) is 2.61. The van der Waals surface area contributed by atoms with E-state index in [1.54, 1.807) is 10.9 Å². The average Bonchev–Trinajstić information content (AvgIpc) is 2.70. The first-order chi connectivity index (χ1) is 9.00. The lowest BCUT2D eigenvalue weighted by atomic mass is 10.2. The van der Waals surface area contributed by atoms with Gasteiger partial charge in [-0.1, -0.05) is 0 Å². The maximum absolute atomic E-state index is 13.7. The second-order valence-electron chi connectivity index (χ2n) is 4.30. The Kier molecular flexibility index (Phi) is 4.31. The van der Waals surface area contributed by atoms with E-state index >= 15 is 0 Å². The van der Waals surface area contributed by atoms with Crippen molar-refractivity contribution in [2.24, 2.45) is 7.05 Å². The molecule has 2 aromatic rings. The van der Waals surface area contributed by atoms with E-state index in [1.807, 2.05) is 14.0 Å². The van der Waals surface area contributed by atoms with Crippen molar-refractivity contribution >= 4 is 15.9 Å². The third-order valence-electron chi connectivity index (χ3n) is 3.09. The fourth-order valence-electron chi connectivity index (χ4n) is 1.77.